The van der Waals surface area contributed by atoms with Crippen molar-refractivity contribution in [3.8, 4) is 11.5 Å². The molecule has 0 saturated heterocycles. The Kier molecular flexibility index (Phi) is 3.04. The maximum Gasteiger partial charge on any atom is 0.315 e. The number of carbonyl (C=O) groups is 2. The van der Waals surface area contributed by atoms with Crippen molar-refractivity contribution < 1.29 is 29.6 Å². The molecule has 0 aliphatic heterocycles. The lowest BCUT2D eigenvalue weighted by Crippen LogP contribution is -2.21. The fourth-order valence-electron chi connectivity index (χ4n) is 2.50. The van der Waals surface area contributed by atoms with Gasteiger partial charge in [0.15, 0.2) is 17.3 Å². The fraction of sp³-hybridized carbons (Fsp3) is 0. The highest BCUT2D eigenvalue weighted by Gasteiger charge is 2.37. The molecule has 0 bridgehead atoms. The number of phenols is 2. The van der Waals surface area contributed by atoms with Crippen LogP contribution in [0.1, 0.15) is 31.8 Å². The number of ketones is 2. The van der Waals surface area contributed by atoms with Crippen LogP contribution >= 0.6 is 0 Å². The lowest BCUT2D eigenvalue weighted by molar-refractivity contribution is -0.386. The molecule has 1 aliphatic carbocycles. The molecule has 120 valence electrons. The lowest BCUT2D eigenvalue weighted by Gasteiger charge is -2.18. The van der Waals surface area contributed by atoms with Crippen LogP contribution in [-0.2, 0) is 0 Å². The predicted molar refractivity (Wildman–Crippen MR) is 76.4 cm³/mol. The summed E-state index contributed by atoms with van der Waals surface area (Å²) >= 11 is 0. The smallest absolute Gasteiger partial charge is 0.315 e. The monoisotopic (exact) mass is 330 g/mol. The molecule has 10 nitrogen and oxygen atoms in total. The summed E-state index contributed by atoms with van der Waals surface area (Å²) in [5, 5.41) is 41.2. The zero-order valence-electron chi connectivity index (χ0n) is 11.5. The number of hydrogen-bond acceptors (Lipinski definition) is 8. The van der Waals surface area contributed by atoms with E-state index >= 15 is 0 Å². The van der Waals surface area contributed by atoms with Gasteiger partial charge in [0.1, 0.15) is 0 Å². The highest BCUT2D eigenvalue weighted by molar-refractivity contribution is 6.30. The van der Waals surface area contributed by atoms with Gasteiger partial charge in [-0.2, -0.15) is 0 Å². The third kappa shape index (κ3) is 1.90. The number of hydrogen-bond donors (Lipinski definition) is 2. The van der Waals surface area contributed by atoms with E-state index in [1.54, 1.807) is 0 Å². The molecule has 0 heterocycles. The lowest BCUT2D eigenvalue weighted by atomic mass is 9.83. The van der Waals surface area contributed by atoms with E-state index < -0.39 is 55.4 Å². The molecule has 2 N–H and O–H groups in total. The SMILES string of the molecule is O=C1c2ccc([N+](=O)[O-])cc2C(=O)c2c1cc([N+](=O)[O-])c(O)c2O. The molecule has 0 radical (unpaired) electrons. The van der Waals surface area contributed by atoms with Crippen molar-refractivity contribution in [1.82, 2.24) is 0 Å². The summed E-state index contributed by atoms with van der Waals surface area (Å²) in [5.74, 6) is -4.05. The molecule has 0 amide bonds. The molecule has 10 heteroatoms. The Morgan fingerprint density at radius 1 is 0.792 bits per heavy atom. The van der Waals surface area contributed by atoms with E-state index in [-0.39, 0.29) is 11.1 Å². The molecule has 0 fully saturated rings. The first kappa shape index (κ1) is 15.1. The van der Waals surface area contributed by atoms with Gasteiger partial charge in [0.2, 0.25) is 5.75 Å². The van der Waals surface area contributed by atoms with Crippen molar-refractivity contribution in [3.05, 3.63) is 66.7 Å². The standard InChI is InChI=1S/C14H6N2O8/c17-11-6-2-1-5(15(21)22)3-7(6)12(18)10-8(11)4-9(16(23)24)13(19)14(10)20/h1-4,19-20H. The summed E-state index contributed by atoms with van der Waals surface area (Å²) in [5.41, 5.74) is -2.97. The average molecular weight is 330 g/mol. The second-order valence-corrected chi connectivity index (χ2v) is 4.92. The zero-order valence-corrected chi connectivity index (χ0v) is 11.5. The van der Waals surface area contributed by atoms with Gasteiger partial charge >= 0.3 is 5.69 Å². The quantitative estimate of drug-likeness (QED) is 0.407. The predicted octanol–water partition coefficient (Wildman–Crippen LogP) is 1.69. The van der Waals surface area contributed by atoms with E-state index in [2.05, 4.69) is 0 Å². The zero-order chi connectivity index (χ0) is 17.8. The van der Waals surface area contributed by atoms with E-state index in [1.807, 2.05) is 0 Å². The second-order valence-electron chi connectivity index (χ2n) is 4.92. The minimum Gasteiger partial charge on any atom is -0.504 e. The number of carbonyl (C=O) groups excluding carboxylic acids is 2. The number of nitro groups is 2. The largest absolute Gasteiger partial charge is 0.504 e. The topological polar surface area (TPSA) is 161 Å². The first-order chi connectivity index (χ1) is 11.2. The number of phenolic OH excluding ortho intramolecular Hbond substituents is 2. The Balaban J connectivity index is 2.33. The van der Waals surface area contributed by atoms with Crippen LogP contribution in [0.2, 0.25) is 0 Å². The Labute approximate surface area is 131 Å². The van der Waals surface area contributed by atoms with Crippen LogP contribution in [0.5, 0.6) is 11.5 Å². The Morgan fingerprint density at radius 3 is 2.04 bits per heavy atom. The summed E-state index contributed by atoms with van der Waals surface area (Å²) < 4.78 is 0. The highest BCUT2D eigenvalue weighted by Crippen LogP contribution is 2.44. The van der Waals surface area contributed by atoms with Gasteiger partial charge in [0.25, 0.3) is 5.69 Å². The van der Waals surface area contributed by atoms with Crippen LogP contribution in [0.4, 0.5) is 11.4 Å². The Morgan fingerprint density at radius 2 is 1.46 bits per heavy atom. The maximum absolute atomic E-state index is 12.5. The molecule has 0 atom stereocenters. The summed E-state index contributed by atoms with van der Waals surface area (Å²) in [6.07, 6.45) is 0. The first-order valence-corrected chi connectivity index (χ1v) is 6.35. The number of non-ortho nitro benzene ring substituents is 1. The molecule has 24 heavy (non-hydrogen) atoms. The van der Waals surface area contributed by atoms with E-state index in [1.165, 1.54) is 0 Å². The molecule has 3 rings (SSSR count). The van der Waals surface area contributed by atoms with Gasteiger partial charge in [0, 0.05) is 34.9 Å². The molecule has 0 spiro atoms. The summed E-state index contributed by atoms with van der Waals surface area (Å²) in [6, 6.07) is 3.64. The van der Waals surface area contributed by atoms with Gasteiger partial charge in [-0.25, -0.2) is 0 Å². The van der Waals surface area contributed by atoms with Gasteiger partial charge in [-0.15, -0.1) is 0 Å². The number of aromatic hydroxyl groups is 2. The summed E-state index contributed by atoms with van der Waals surface area (Å²) in [7, 11) is 0. The average Bonchev–Trinajstić information content (AvgIpc) is 2.54. The van der Waals surface area contributed by atoms with Gasteiger partial charge in [-0.3, -0.25) is 29.8 Å². The Hall–Kier alpha value is -3.82. The van der Waals surface area contributed by atoms with Crippen molar-refractivity contribution in [2.24, 2.45) is 0 Å². The first-order valence-electron chi connectivity index (χ1n) is 6.35. The van der Waals surface area contributed by atoms with Crippen molar-refractivity contribution in [3.63, 3.8) is 0 Å². The number of benzene rings is 2. The minimum absolute atomic E-state index is 0.183. The summed E-state index contributed by atoms with van der Waals surface area (Å²) in [6.45, 7) is 0. The third-order valence-corrected chi connectivity index (χ3v) is 3.63. The molecule has 0 saturated carbocycles. The van der Waals surface area contributed by atoms with Crippen molar-refractivity contribution in [2.75, 3.05) is 0 Å². The number of nitro benzene ring substituents is 2. The van der Waals surface area contributed by atoms with E-state index in [0.29, 0.717) is 6.07 Å². The highest BCUT2D eigenvalue weighted by atomic mass is 16.6. The maximum atomic E-state index is 12.5. The van der Waals surface area contributed by atoms with Crippen LogP contribution < -0.4 is 0 Å². The number of fused-ring (bicyclic) bond motifs is 2. The number of nitrogens with zero attached hydrogens (tertiary/aromatic N) is 2. The molecule has 2 aromatic rings. The molecular formula is C14H6N2O8. The van der Waals surface area contributed by atoms with Crippen LogP contribution in [0.15, 0.2) is 24.3 Å². The fourth-order valence-corrected chi connectivity index (χ4v) is 2.50. The van der Waals surface area contributed by atoms with Gasteiger partial charge in [-0.1, -0.05) is 0 Å². The van der Waals surface area contributed by atoms with E-state index in [9.17, 15) is 40.0 Å². The summed E-state index contributed by atoms with van der Waals surface area (Å²) in [4.78, 5) is 44.8. The van der Waals surface area contributed by atoms with Crippen LogP contribution in [-0.4, -0.2) is 31.6 Å². The van der Waals surface area contributed by atoms with Gasteiger partial charge < -0.3 is 10.2 Å². The van der Waals surface area contributed by atoms with Gasteiger partial charge in [0.05, 0.1) is 15.4 Å². The molecule has 0 aromatic heterocycles. The minimum atomic E-state index is -1.16. The number of rotatable bonds is 2. The van der Waals surface area contributed by atoms with Crippen molar-refractivity contribution >= 4 is 22.9 Å². The van der Waals surface area contributed by atoms with E-state index in [4.69, 9.17) is 0 Å². The normalized spacial score (nSPS) is 12.5. The third-order valence-electron chi connectivity index (χ3n) is 3.63. The van der Waals surface area contributed by atoms with Crippen molar-refractivity contribution in [1.29, 1.82) is 0 Å². The van der Waals surface area contributed by atoms with Crippen LogP contribution in [0.25, 0.3) is 0 Å². The van der Waals surface area contributed by atoms with Crippen molar-refractivity contribution in [2.45, 2.75) is 0 Å². The Bertz CT molecular complexity index is 979. The molecule has 1 aliphatic rings. The van der Waals surface area contributed by atoms with Gasteiger partial charge in [-0.05, 0) is 6.07 Å². The van der Waals surface area contributed by atoms with E-state index in [0.717, 1.165) is 18.2 Å². The van der Waals surface area contributed by atoms with Crippen LogP contribution in [0, 0.1) is 20.2 Å². The molecule has 2 aromatic carbocycles. The molecular weight excluding hydrogens is 324 g/mol. The second kappa shape index (κ2) is 4.84. The molecule has 0 unspecified atom stereocenters. The van der Waals surface area contributed by atoms with Crippen LogP contribution in [0.3, 0.4) is 0 Å².